The number of benzene rings is 1. The second-order valence-corrected chi connectivity index (χ2v) is 7.22. The number of carbonyl (C=O) groups excluding carboxylic acids is 1. The Balaban J connectivity index is 2.09. The van der Waals surface area contributed by atoms with Crippen molar-refractivity contribution >= 4 is 22.0 Å². The molecule has 0 bridgehead atoms. The summed E-state index contributed by atoms with van der Waals surface area (Å²) in [6.07, 6.45) is 2.64. The van der Waals surface area contributed by atoms with Crippen LogP contribution in [0.3, 0.4) is 0 Å². The molecule has 1 atom stereocenters. The molecule has 0 radical (unpaired) electrons. The Labute approximate surface area is 129 Å². The van der Waals surface area contributed by atoms with E-state index in [0.717, 1.165) is 23.7 Å². The predicted octanol–water partition coefficient (Wildman–Crippen LogP) is 4.17. The zero-order valence-electron chi connectivity index (χ0n) is 12.6. The molecule has 1 unspecified atom stereocenters. The van der Waals surface area contributed by atoms with Crippen LogP contribution in [-0.2, 0) is 17.6 Å². The normalized spacial score (nSPS) is 18.4. The summed E-state index contributed by atoms with van der Waals surface area (Å²) in [5.41, 5.74) is 2.26. The molecule has 3 nitrogen and oxygen atoms in total. The van der Waals surface area contributed by atoms with Crippen LogP contribution < -0.4 is 0 Å². The maximum Gasteiger partial charge on any atom is 0.410 e. The summed E-state index contributed by atoms with van der Waals surface area (Å²) in [6.45, 7) is 5.68. The van der Waals surface area contributed by atoms with Crippen LogP contribution in [0.25, 0.3) is 0 Å². The number of rotatable bonds is 1. The minimum Gasteiger partial charge on any atom is -0.444 e. The van der Waals surface area contributed by atoms with Crippen molar-refractivity contribution in [3.05, 3.63) is 33.8 Å². The van der Waals surface area contributed by atoms with Gasteiger partial charge in [0.15, 0.2) is 0 Å². The molecule has 0 aromatic heterocycles. The van der Waals surface area contributed by atoms with Crippen molar-refractivity contribution in [3.8, 4) is 0 Å². The van der Waals surface area contributed by atoms with Crippen molar-refractivity contribution in [2.45, 2.75) is 51.7 Å². The van der Waals surface area contributed by atoms with Crippen LogP contribution in [0.4, 0.5) is 4.79 Å². The fraction of sp³-hybridized carbons (Fsp3) is 0.562. The Bertz CT molecular complexity index is 508. The monoisotopic (exact) mass is 339 g/mol. The molecule has 0 aliphatic heterocycles. The lowest BCUT2D eigenvalue weighted by atomic mass is 9.88. The van der Waals surface area contributed by atoms with E-state index in [1.165, 1.54) is 11.1 Å². The van der Waals surface area contributed by atoms with E-state index >= 15 is 0 Å². The molecule has 0 heterocycles. The van der Waals surface area contributed by atoms with E-state index in [0.29, 0.717) is 0 Å². The first-order chi connectivity index (χ1) is 9.28. The number of nitrogens with zero attached hydrogens (tertiary/aromatic N) is 1. The first-order valence-corrected chi connectivity index (χ1v) is 7.79. The van der Waals surface area contributed by atoms with Crippen LogP contribution in [0.15, 0.2) is 22.7 Å². The third-order valence-electron chi connectivity index (χ3n) is 3.63. The van der Waals surface area contributed by atoms with Gasteiger partial charge in [-0.3, -0.25) is 0 Å². The molecule has 1 aliphatic rings. The summed E-state index contributed by atoms with van der Waals surface area (Å²) < 4.78 is 6.58. The van der Waals surface area contributed by atoms with Gasteiger partial charge in [-0.25, -0.2) is 4.79 Å². The maximum atomic E-state index is 12.1. The summed E-state index contributed by atoms with van der Waals surface area (Å²) >= 11 is 3.61. The maximum absolute atomic E-state index is 12.1. The molecule has 20 heavy (non-hydrogen) atoms. The van der Waals surface area contributed by atoms with Crippen molar-refractivity contribution in [2.24, 2.45) is 0 Å². The molecular formula is C16H22BrNO2. The van der Waals surface area contributed by atoms with Crippen LogP contribution >= 0.6 is 15.9 Å². The Morgan fingerprint density at radius 1 is 1.40 bits per heavy atom. The van der Waals surface area contributed by atoms with Gasteiger partial charge in [-0.2, -0.15) is 0 Å². The summed E-state index contributed by atoms with van der Waals surface area (Å²) in [5, 5.41) is 0. The minimum absolute atomic E-state index is 0.205. The standard InChI is InChI=1S/C16H22BrNO2/c1-16(2,3)20-15(19)18(4)12-9-8-11-6-5-7-14(17)13(11)10-12/h5-7,12H,8-10H2,1-4H3. The molecule has 4 heteroatoms. The Morgan fingerprint density at radius 2 is 2.10 bits per heavy atom. The molecule has 0 spiro atoms. The summed E-state index contributed by atoms with van der Waals surface area (Å²) in [5.74, 6) is 0. The fourth-order valence-corrected chi connectivity index (χ4v) is 3.11. The van der Waals surface area contributed by atoms with Gasteiger partial charge in [-0.15, -0.1) is 0 Å². The zero-order chi connectivity index (χ0) is 14.9. The van der Waals surface area contributed by atoms with Crippen LogP contribution in [-0.4, -0.2) is 29.7 Å². The molecular weight excluding hydrogens is 318 g/mol. The quantitative estimate of drug-likeness (QED) is 0.768. The van der Waals surface area contributed by atoms with Crippen LogP contribution in [0.2, 0.25) is 0 Å². The topological polar surface area (TPSA) is 29.5 Å². The number of likely N-dealkylation sites (N-methyl/N-ethyl adjacent to an activating group) is 1. The second kappa shape index (κ2) is 5.76. The number of fused-ring (bicyclic) bond motifs is 1. The predicted molar refractivity (Wildman–Crippen MR) is 84.0 cm³/mol. The summed E-state index contributed by atoms with van der Waals surface area (Å²) in [4.78, 5) is 13.9. The number of amides is 1. The SMILES string of the molecule is CN(C(=O)OC(C)(C)C)C1CCc2cccc(Br)c2C1. The Kier molecular flexibility index (Phi) is 4.43. The van der Waals surface area contributed by atoms with Gasteiger partial charge in [0.25, 0.3) is 0 Å². The van der Waals surface area contributed by atoms with Crippen molar-refractivity contribution in [2.75, 3.05) is 7.05 Å². The number of hydrogen-bond acceptors (Lipinski definition) is 2. The van der Waals surface area contributed by atoms with Crippen LogP contribution in [0.1, 0.15) is 38.3 Å². The lowest BCUT2D eigenvalue weighted by molar-refractivity contribution is 0.0210. The molecule has 1 aromatic rings. The summed E-state index contributed by atoms with van der Waals surface area (Å²) in [7, 11) is 1.83. The van der Waals surface area contributed by atoms with E-state index in [4.69, 9.17) is 4.74 Å². The smallest absolute Gasteiger partial charge is 0.410 e. The first kappa shape index (κ1) is 15.4. The Hall–Kier alpha value is -1.03. The number of aryl methyl sites for hydroxylation is 1. The van der Waals surface area contributed by atoms with Crippen molar-refractivity contribution < 1.29 is 9.53 Å². The van der Waals surface area contributed by atoms with E-state index in [1.54, 1.807) is 4.90 Å². The van der Waals surface area contributed by atoms with Gasteiger partial charge in [0, 0.05) is 17.6 Å². The van der Waals surface area contributed by atoms with Crippen LogP contribution in [0, 0.1) is 0 Å². The molecule has 0 saturated heterocycles. The van der Waals surface area contributed by atoms with Gasteiger partial charge < -0.3 is 9.64 Å². The fourth-order valence-electron chi connectivity index (χ4n) is 2.54. The molecule has 2 rings (SSSR count). The van der Waals surface area contributed by atoms with E-state index in [9.17, 15) is 4.79 Å². The second-order valence-electron chi connectivity index (χ2n) is 6.37. The highest BCUT2D eigenvalue weighted by Gasteiger charge is 2.29. The van der Waals surface area contributed by atoms with E-state index in [2.05, 4.69) is 34.1 Å². The van der Waals surface area contributed by atoms with Gasteiger partial charge in [0.05, 0.1) is 0 Å². The van der Waals surface area contributed by atoms with Crippen molar-refractivity contribution in [1.82, 2.24) is 4.90 Å². The van der Waals surface area contributed by atoms with Gasteiger partial charge in [-0.1, -0.05) is 28.1 Å². The highest BCUT2D eigenvalue weighted by atomic mass is 79.9. The van der Waals surface area contributed by atoms with E-state index in [-0.39, 0.29) is 12.1 Å². The van der Waals surface area contributed by atoms with Gasteiger partial charge in [0.1, 0.15) is 5.60 Å². The molecule has 1 aromatic carbocycles. The third-order valence-corrected chi connectivity index (χ3v) is 4.37. The third kappa shape index (κ3) is 3.54. The molecule has 1 aliphatic carbocycles. The van der Waals surface area contributed by atoms with Gasteiger partial charge in [-0.05, 0) is 57.2 Å². The lowest BCUT2D eigenvalue weighted by Crippen LogP contribution is -2.43. The Morgan fingerprint density at radius 3 is 2.75 bits per heavy atom. The first-order valence-electron chi connectivity index (χ1n) is 7.00. The molecule has 0 N–H and O–H groups in total. The van der Waals surface area contributed by atoms with Gasteiger partial charge >= 0.3 is 6.09 Å². The lowest BCUT2D eigenvalue weighted by Gasteiger charge is -2.34. The average molecular weight is 340 g/mol. The molecule has 0 fully saturated rings. The van der Waals surface area contributed by atoms with E-state index < -0.39 is 5.60 Å². The molecule has 110 valence electrons. The highest BCUT2D eigenvalue weighted by Crippen LogP contribution is 2.30. The average Bonchev–Trinajstić information content (AvgIpc) is 2.36. The van der Waals surface area contributed by atoms with Crippen molar-refractivity contribution in [1.29, 1.82) is 0 Å². The van der Waals surface area contributed by atoms with E-state index in [1.807, 2.05) is 27.8 Å². The number of carbonyl (C=O) groups is 1. The number of halogens is 1. The van der Waals surface area contributed by atoms with Gasteiger partial charge in [0.2, 0.25) is 0 Å². The number of hydrogen-bond donors (Lipinski definition) is 0. The highest BCUT2D eigenvalue weighted by molar-refractivity contribution is 9.10. The zero-order valence-corrected chi connectivity index (χ0v) is 14.2. The number of ether oxygens (including phenoxy) is 1. The van der Waals surface area contributed by atoms with Crippen LogP contribution in [0.5, 0.6) is 0 Å². The van der Waals surface area contributed by atoms with Crippen molar-refractivity contribution in [3.63, 3.8) is 0 Å². The summed E-state index contributed by atoms with van der Waals surface area (Å²) in [6, 6.07) is 6.51. The molecule has 1 amide bonds. The largest absolute Gasteiger partial charge is 0.444 e. The molecule has 0 saturated carbocycles. The minimum atomic E-state index is -0.446.